The summed E-state index contributed by atoms with van der Waals surface area (Å²) in [6.07, 6.45) is 5.68. The molecular weight excluding hydrogens is 467 g/mol. The second kappa shape index (κ2) is 14.6. The van der Waals surface area contributed by atoms with Crippen LogP contribution in [0.25, 0.3) is 0 Å². The molecule has 7 heteroatoms. The molecular formula is C21H35IN4O2. The molecule has 0 aliphatic carbocycles. The number of piperidine rings is 1. The summed E-state index contributed by atoms with van der Waals surface area (Å²) in [5.74, 6) is 0.753. The predicted octanol–water partition coefficient (Wildman–Crippen LogP) is 3.17. The molecule has 2 rings (SSSR count). The monoisotopic (exact) mass is 502 g/mol. The summed E-state index contributed by atoms with van der Waals surface area (Å²) in [5, 5.41) is 6.93. The zero-order valence-electron chi connectivity index (χ0n) is 17.2. The van der Waals surface area contributed by atoms with E-state index in [4.69, 9.17) is 0 Å². The Balaban J connectivity index is 0.00000392. The lowest BCUT2D eigenvalue weighted by atomic mass is 10.0. The zero-order chi connectivity index (χ0) is 19.3. The molecule has 1 aliphatic rings. The quantitative estimate of drug-likeness (QED) is 0.179. The summed E-state index contributed by atoms with van der Waals surface area (Å²) in [6.45, 7) is 4.12. The van der Waals surface area contributed by atoms with Crippen molar-refractivity contribution in [2.75, 3.05) is 33.8 Å². The van der Waals surface area contributed by atoms with E-state index >= 15 is 0 Å². The number of nitrogens with one attached hydrogen (secondary N) is 2. The number of hydrogen-bond acceptors (Lipinski definition) is 4. The molecule has 1 heterocycles. The first-order valence-electron chi connectivity index (χ1n) is 10.0. The van der Waals surface area contributed by atoms with E-state index in [9.17, 15) is 4.79 Å². The largest absolute Gasteiger partial charge is 0.469 e. The number of benzene rings is 1. The Kier molecular flexibility index (Phi) is 12.9. The number of esters is 1. The molecule has 0 radical (unpaired) electrons. The molecule has 28 heavy (non-hydrogen) atoms. The molecule has 0 aromatic heterocycles. The zero-order valence-corrected chi connectivity index (χ0v) is 19.5. The minimum absolute atomic E-state index is 0. The molecule has 1 fully saturated rings. The van der Waals surface area contributed by atoms with Crippen LogP contribution in [0.1, 0.15) is 44.1 Å². The van der Waals surface area contributed by atoms with Crippen LogP contribution >= 0.6 is 24.0 Å². The number of carbonyl (C=O) groups excluding carboxylic acids is 1. The van der Waals surface area contributed by atoms with Gasteiger partial charge in [-0.25, -0.2) is 0 Å². The first kappa shape index (κ1) is 24.7. The molecule has 1 saturated heterocycles. The minimum atomic E-state index is -0.126. The summed E-state index contributed by atoms with van der Waals surface area (Å²) in [6, 6.07) is 11.1. The highest BCUT2D eigenvalue weighted by Crippen LogP contribution is 2.13. The molecule has 0 unspecified atom stereocenters. The van der Waals surface area contributed by atoms with Crippen LogP contribution in [-0.4, -0.2) is 56.7 Å². The maximum atomic E-state index is 11.1. The van der Waals surface area contributed by atoms with E-state index in [1.165, 1.54) is 12.7 Å². The van der Waals surface area contributed by atoms with E-state index < -0.39 is 0 Å². The third-order valence-corrected chi connectivity index (χ3v) is 4.98. The van der Waals surface area contributed by atoms with Crippen LogP contribution in [0.2, 0.25) is 0 Å². The van der Waals surface area contributed by atoms with Crippen molar-refractivity contribution in [3.63, 3.8) is 0 Å². The van der Waals surface area contributed by atoms with Crippen molar-refractivity contribution < 1.29 is 9.53 Å². The first-order chi connectivity index (χ1) is 13.2. The first-order valence-corrected chi connectivity index (χ1v) is 10.0. The molecule has 1 aromatic carbocycles. The Morgan fingerprint density at radius 3 is 2.54 bits per heavy atom. The van der Waals surface area contributed by atoms with Crippen molar-refractivity contribution >= 4 is 35.9 Å². The fraction of sp³-hybridized carbons (Fsp3) is 0.619. The van der Waals surface area contributed by atoms with Gasteiger partial charge in [0.15, 0.2) is 5.96 Å². The van der Waals surface area contributed by atoms with Crippen LogP contribution in [0.5, 0.6) is 0 Å². The van der Waals surface area contributed by atoms with Gasteiger partial charge in [-0.15, -0.1) is 24.0 Å². The fourth-order valence-electron chi connectivity index (χ4n) is 3.34. The van der Waals surface area contributed by atoms with Gasteiger partial charge in [0.05, 0.1) is 7.11 Å². The third-order valence-electron chi connectivity index (χ3n) is 4.98. The fourth-order valence-corrected chi connectivity index (χ4v) is 3.34. The number of hydrogen-bond donors (Lipinski definition) is 2. The topological polar surface area (TPSA) is 66.0 Å². The number of ether oxygens (including phenoxy) is 1. The van der Waals surface area contributed by atoms with Crippen molar-refractivity contribution in [2.24, 2.45) is 4.99 Å². The van der Waals surface area contributed by atoms with Gasteiger partial charge in [-0.1, -0.05) is 36.8 Å². The predicted molar refractivity (Wildman–Crippen MR) is 125 cm³/mol. The number of guanidine groups is 1. The highest BCUT2D eigenvalue weighted by molar-refractivity contribution is 14.0. The van der Waals surface area contributed by atoms with Crippen LogP contribution in [0.4, 0.5) is 0 Å². The second-order valence-electron chi connectivity index (χ2n) is 7.07. The SMILES string of the molecule is CN=C(NCCCCCC(=O)OC)NC1CCN(Cc2ccccc2)CC1.I. The van der Waals surface area contributed by atoms with Crippen LogP contribution in [-0.2, 0) is 16.1 Å². The Morgan fingerprint density at radius 2 is 1.89 bits per heavy atom. The third kappa shape index (κ3) is 9.73. The molecule has 158 valence electrons. The lowest BCUT2D eigenvalue weighted by Gasteiger charge is -2.33. The Labute approximate surface area is 186 Å². The standard InChI is InChI=1S/C21H34N4O2.HI/c1-22-21(23-14-8-4-7-11-20(26)27-2)24-19-12-15-25(16-13-19)17-18-9-5-3-6-10-18;/h3,5-6,9-10,19H,4,7-8,11-17H2,1-2H3,(H2,22,23,24);1H. The molecule has 0 amide bonds. The lowest BCUT2D eigenvalue weighted by Crippen LogP contribution is -2.48. The van der Waals surface area contributed by atoms with Crippen molar-refractivity contribution in [1.82, 2.24) is 15.5 Å². The number of unbranched alkanes of at least 4 members (excludes halogenated alkanes) is 2. The van der Waals surface area contributed by atoms with E-state index in [1.54, 1.807) is 0 Å². The highest BCUT2D eigenvalue weighted by atomic mass is 127. The smallest absolute Gasteiger partial charge is 0.305 e. The van der Waals surface area contributed by atoms with Crippen LogP contribution in [0, 0.1) is 0 Å². The van der Waals surface area contributed by atoms with Crippen LogP contribution in [0.15, 0.2) is 35.3 Å². The van der Waals surface area contributed by atoms with Crippen molar-refractivity contribution in [2.45, 2.75) is 51.1 Å². The molecule has 1 aromatic rings. The number of halogens is 1. The molecule has 0 atom stereocenters. The molecule has 0 saturated carbocycles. The molecule has 0 bridgehead atoms. The summed E-state index contributed by atoms with van der Waals surface area (Å²) in [4.78, 5) is 17.9. The average molecular weight is 502 g/mol. The molecule has 1 aliphatic heterocycles. The summed E-state index contributed by atoms with van der Waals surface area (Å²) in [5.41, 5.74) is 1.38. The summed E-state index contributed by atoms with van der Waals surface area (Å²) < 4.78 is 4.65. The molecule has 0 spiro atoms. The number of carbonyl (C=O) groups is 1. The second-order valence-corrected chi connectivity index (χ2v) is 7.07. The Bertz CT molecular complexity index is 575. The summed E-state index contributed by atoms with van der Waals surface area (Å²) >= 11 is 0. The van der Waals surface area contributed by atoms with E-state index in [1.807, 2.05) is 7.05 Å². The van der Waals surface area contributed by atoms with Gasteiger partial charge in [0.25, 0.3) is 0 Å². The number of nitrogens with zero attached hydrogens (tertiary/aromatic N) is 2. The summed E-state index contributed by atoms with van der Waals surface area (Å²) in [7, 11) is 3.25. The van der Waals surface area contributed by atoms with E-state index in [0.717, 1.165) is 64.2 Å². The lowest BCUT2D eigenvalue weighted by molar-refractivity contribution is -0.140. The van der Waals surface area contributed by atoms with Gasteiger partial charge < -0.3 is 15.4 Å². The van der Waals surface area contributed by atoms with Crippen LogP contribution in [0.3, 0.4) is 0 Å². The van der Waals surface area contributed by atoms with Gasteiger partial charge >= 0.3 is 5.97 Å². The number of likely N-dealkylation sites (tertiary alicyclic amines) is 1. The Hall–Kier alpha value is -1.35. The average Bonchev–Trinajstić information content (AvgIpc) is 2.71. The highest BCUT2D eigenvalue weighted by Gasteiger charge is 2.19. The van der Waals surface area contributed by atoms with Crippen molar-refractivity contribution in [1.29, 1.82) is 0 Å². The van der Waals surface area contributed by atoms with Crippen molar-refractivity contribution in [3.05, 3.63) is 35.9 Å². The van der Waals surface area contributed by atoms with Gasteiger partial charge in [-0.3, -0.25) is 14.7 Å². The maximum absolute atomic E-state index is 11.1. The van der Waals surface area contributed by atoms with Gasteiger partial charge in [0.1, 0.15) is 0 Å². The van der Waals surface area contributed by atoms with Gasteiger partial charge in [-0.05, 0) is 31.2 Å². The van der Waals surface area contributed by atoms with Crippen LogP contribution < -0.4 is 10.6 Å². The Morgan fingerprint density at radius 1 is 1.18 bits per heavy atom. The van der Waals surface area contributed by atoms with E-state index in [0.29, 0.717) is 12.5 Å². The van der Waals surface area contributed by atoms with Gasteiger partial charge in [0.2, 0.25) is 0 Å². The molecule has 2 N–H and O–H groups in total. The van der Waals surface area contributed by atoms with E-state index in [2.05, 4.69) is 55.6 Å². The van der Waals surface area contributed by atoms with Gasteiger partial charge in [0, 0.05) is 45.7 Å². The number of rotatable bonds is 9. The maximum Gasteiger partial charge on any atom is 0.305 e. The van der Waals surface area contributed by atoms with E-state index in [-0.39, 0.29) is 29.9 Å². The van der Waals surface area contributed by atoms with Crippen molar-refractivity contribution in [3.8, 4) is 0 Å². The molecule has 6 nitrogen and oxygen atoms in total. The normalized spacial score (nSPS) is 15.6. The van der Waals surface area contributed by atoms with Gasteiger partial charge in [-0.2, -0.15) is 0 Å². The number of methoxy groups -OCH3 is 1. The number of aliphatic imine (C=N–C) groups is 1. The minimum Gasteiger partial charge on any atom is -0.469 e.